The molecule has 0 atom stereocenters. The van der Waals surface area contributed by atoms with Crippen LogP contribution in [0.5, 0.6) is 0 Å². The lowest BCUT2D eigenvalue weighted by molar-refractivity contribution is 0.00578. The number of piperazine rings is 1. The second-order valence-electron chi connectivity index (χ2n) is 8.83. The summed E-state index contributed by atoms with van der Waals surface area (Å²) in [5.74, 6) is 0. The summed E-state index contributed by atoms with van der Waals surface area (Å²) in [6.45, 7) is 16.4. The molecule has 148 valence electrons. The van der Waals surface area contributed by atoms with Gasteiger partial charge in [0.25, 0.3) is 0 Å². The first-order valence-electron chi connectivity index (χ1n) is 9.91. The molecule has 0 amide bonds. The number of halogens is 1. The average molecular weight is 374 g/mol. The summed E-state index contributed by atoms with van der Waals surface area (Å²) in [6.07, 6.45) is 1.50. The molecule has 6 heteroatoms. The van der Waals surface area contributed by atoms with E-state index in [0.29, 0.717) is 6.04 Å². The van der Waals surface area contributed by atoms with Crippen LogP contribution in [-0.2, 0) is 9.31 Å². The van der Waals surface area contributed by atoms with Crippen LogP contribution in [0.4, 0.5) is 10.1 Å². The summed E-state index contributed by atoms with van der Waals surface area (Å²) < 4.78 is 26.2. The molecule has 2 heterocycles. The number of hydrogen-bond donors (Lipinski definition) is 0. The fourth-order valence-electron chi connectivity index (χ4n) is 3.46. The van der Waals surface area contributed by atoms with Crippen molar-refractivity contribution in [3.05, 3.63) is 35.6 Å². The SMILES string of the molecule is CC(C)N1CCN(c2ccc(C=C(F)B3OC(C)(C)C(C)(C)O3)cc2)CC1. The lowest BCUT2D eigenvalue weighted by Crippen LogP contribution is -2.48. The largest absolute Gasteiger partial charge is 0.525 e. The Balaban J connectivity index is 1.63. The second kappa shape index (κ2) is 7.57. The van der Waals surface area contributed by atoms with E-state index in [9.17, 15) is 4.39 Å². The van der Waals surface area contributed by atoms with E-state index >= 15 is 0 Å². The lowest BCUT2D eigenvalue weighted by atomic mass is 9.87. The molecule has 27 heavy (non-hydrogen) atoms. The Kier molecular flexibility index (Phi) is 5.71. The number of benzene rings is 1. The smallest absolute Gasteiger partial charge is 0.398 e. The molecule has 0 aliphatic carbocycles. The minimum atomic E-state index is -0.946. The summed E-state index contributed by atoms with van der Waals surface area (Å²) in [5, 5.41) is 0. The third kappa shape index (κ3) is 4.39. The van der Waals surface area contributed by atoms with Gasteiger partial charge in [-0.05, 0) is 65.3 Å². The number of nitrogens with zero attached hydrogens (tertiary/aromatic N) is 2. The maximum Gasteiger partial charge on any atom is 0.525 e. The molecule has 0 saturated carbocycles. The predicted molar refractivity (Wildman–Crippen MR) is 111 cm³/mol. The van der Waals surface area contributed by atoms with Crippen molar-refractivity contribution in [2.45, 2.75) is 58.8 Å². The average Bonchev–Trinajstić information content (AvgIpc) is 2.83. The minimum Gasteiger partial charge on any atom is -0.398 e. The summed E-state index contributed by atoms with van der Waals surface area (Å²) in [7, 11) is -0.946. The third-order valence-corrected chi connectivity index (χ3v) is 6.09. The van der Waals surface area contributed by atoms with E-state index in [1.807, 2.05) is 39.8 Å². The summed E-state index contributed by atoms with van der Waals surface area (Å²) in [5.41, 5.74) is 0.528. The molecule has 2 aliphatic rings. The zero-order chi connectivity index (χ0) is 19.8. The molecule has 0 N–H and O–H groups in total. The van der Waals surface area contributed by atoms with E-state index in [2.05, 4.69) is 35.8 Å². The van der Waals surface area contributed by atoms with E-state index in [-0.39, 0.29) is 0 Å². The van der Waals surface area contributed by atoms with Gasteiger partial charge in [0.05, 0.1) is 11.2 Å². The van der Waals surface area contributed by atoms with E-state index in [4.69, 9.17) is 9.31 Å². The molecule has 1 aromatic rings. The van der Waals surface area contributed by atoms with Gasteiger partial charge in [0.1, 0.15) is 5.73 Å². The Labute approximate surface area is 163 Å². The zero-order valence-corrected chi connectivity index (χ0v) is 17.5. The van der Waals surface area contributed by atoms with Crippen LogP contribution in [-0.4, -0.2) is 55.4 Å². The molecule has 0 unspecified atom stereocenters. The van der Waals surface area contributed by atoms with Gasteiger partial charge in [-0.3, -0.25) is 4.90 Å². The molecule has 3 rings (SSSR count). The van der Waals surface area contributed by atoms with Gasteiger partial charge in [0.2, 0.25) is 0 Å². The van der Waals surface area contributed by atoms with Gasteiger partial charge in [0, 0.05) is 37.9 Å². The van der Waals surface area contributed by atoms with Gasteiger partial charge in [-0.2, -0.15) is 0 Å². The molecule has 2 saturated heterocycles. The Morgan fingerprint density at radius 1 is 1.00 bits per heavy atom. The van der Waals surface area contributed by atoms with Crippen molar-refractivity contribution in [2.24, 2.45) is 0 Å². The molecular weight excluding hydrogens is 342 g/mol. The highest BCUT2D eigenvalue weighted by Gasteiger charge is 2.53. The van der Waals surface area contributed by atoms with Crippen molar-refractivity contribution in [2.75, 3.05) is 31.1 Å². The number of rotatable bonds is 4. The van der Waals surface area contributed by atoms with Crippen molar-refractivity contribution in [1.82, 2.24) is 4.90 Å². The molecule has 0 bridgehead atoms. The zero-order valence-electron chi connectivity index (χ0n) is 17.5. The van der Waals surface area contributed by atoms with Crippen LogP contribution in [0.1, 0.15) is 47.1 Å². The lowest BCUT2D eigenvalue weighted by Gasteiger charge is -2.38. The van der Waals surface area contributed by atoms with Gasteiger partial charge in [-0.1, -0.05) is 12.1 Å². The predicted octanol–water partition coefficient (Wildman–Crippen LogP) is 4.16. The monoisotopic (exact) mass is 374 g/mol. The Hall–Kier alpha value is -1.37. The highest BCUT2D eigenvalue weighted by atomic mass is 19.1. The topological polar surface area (TPSA) is 24.9 Å². The minimum absolute atomic E-state index is 0.396. The first-order valence-corrected chi connectivity index (χ1v) is 9.91. The van der Waals surface area contributed by atoms with E-state index in [1.54, 1.807) is 0 Å². The normalized spacial score (nSPS) is 23.3. The van der Waals surface area contributed by atoms with Crippen LogP contribution in [0.3, 0.4) is 0 Å². The molecule has 0 spiro atoms. The Morgan fingerprint density at radius 2 is 1.52 bits per heavy atom. The maximum absolute atomic E-state index is 14.6. The highest BCUT2D eigenvalue weighted by Crippen LogP contribution is 2.39. The van der Waals surface area contributed by atoms with Gasteiger partial charge in [-0.15, -0.1) is 0 Å². The first kappa shape index (κ1) is 20.4. The van der Waals surface area contributed by atoms with Crippen LogP contribution < -0.4 is 4.90 Å². The van der Waals surface area contributed by atoms with Crippen LogP contribution in [0.2, 0.25) is 0 Å². The third-order valence-electron chi connectivity index (χ3n) is 6.09. The van der Waals surface area contributed by atoms with Crippen LogP contribution >= 0.6 is 0 Å². The van der Waals surface area contributed by atoms with Crippen molar-refractivity contribution in [3.63, 3.8) is 0 Å². The van der Waals surface area contributed by atoms with Crippen molar-refractivity contribution in [1.29, 1.82) is 0 Å². The fourth-order valence-corrected chi connectivity index (χ4v) is 3.46. The molecule has 2 aliphatic heterocycles. The second-order valence-corrected chi connectivity index (χ2v) is 8.83. The van der Waals surface area contributed by atoms with E-state index < -0.39 is 24.0 Å². The number of hydrogen-bond acceptors (Lipinski definition) is 4. The van der Waals surface area contributed by atoms with E-state index in [1.165, 1.54) is 11.8 Å². The van der Waals surface area contributed by atoms with Crippen LogP contribution in [0.25, 0.3) is 6.08 Å². The highest BCUT2D eigenvalue weighted by molar-refractivity contribution is 6.54. The summed E-state index contributed by atoms with van der Waals surface area (Å²) >= 11 is 0. The number of anilines is 1. The molecule has 4 nitrogen and oxygen atoms in total. The van der Waals surface area contributed by atoms with Gasteiger partial charge in [-0.25, -0.2) is 4.39 Å². The Bertz CT molecular complexity index is 664. The molecule has 1 aromatic carbocycles. The molecule has 2 fully saturated rings. The standard InChI is InChI=1S/C21H32BFN2O2/c1-16(2)24-11-13-25(14-12-24)18-9-7-17(8-10-18)15-19(23)22-26-20(3,4)21(5,6)27-22/h7-10,15-16H,11-14H2,1-6H3. The summed E-state index contributed by atoms with van der Waals surface area (Å²) in [4.78, 5) is 4.88. The first-order chi connectivity index (χ1) is 12.6. The van der Waals surface area contributed by atoms with Crippen LogP contribution in [0, 0.1) is 0 Å². The van der Waals surface area contributed by atoms with Crippen molar-refractivity contribution in [3.8, 4) is 0 Å². The molecular formula is C21H32BFN2O2. The quantitative estimate of drug-likeness (QED) is 0.739. The fraction of sp³-hybridized carbons (Fsp3) is 0.619. The molecule has 0 aromatic heterocycles. The van der Waals surface area contributed by atoms with Gasteiger partial charge in [0.15, 0.2) is 0 Å². The van der Waals surface area contributed by atoms with Crippen LogP contribution in [0.15, 0.2) is 30.0 Å². The van der Waals surface area contributed by atoms with E-state index in [0.717, 1.165) is 31.7 Å². The summed E-state index contributed by atoms with van der Waals surface area (Å²) in [6, 6.07) is 8.63. The Morgan fingerprint density at radius 3 is 2.00 bits per heavy atom. The maximum atomic E-state index is 14.6. The van der Waals surface area contributed by atoms with Crippen molar-refractivity contribution < 1.29 is 13.7 Å². The van der Waals surface area contributed by atoms with Crippen molar-refractivity contribution >= 4 is 18.9 Å². The van der Waals surface area contributed by atoms with Gasteiger partial charge >= 0.3 is 7.12 Å². The van der Waals surface area contributed by atoms with Gasteiger partial charge < -0.3 is 14.2 Å². The molecule has 0 radical (unpaired) electrons.